The number of hydrogen-bond donors (Lipinski definition) is 1. The quantitative estimate of drug-likeness (QED) is 0.334. The van der Waals surface area contributed by atoms with E-state index in [-0.39, 0.29) is 11.5 Å². The van der Waals surface area contributed by atoms with Gasteiger partial charge in [-0.3, -0.25) is 14.2 Å². The van der Waals surface area contributed by atoms with Crippen molar-refractivity contribution in [2.45, 2.75) is 26.8 Å². The van der Waals surface area contributed by atoms with E-state index in [9.17, 15) is 9.59 Å². The average Bonchev–Trinajstić information content (AvgIpc) is 3.53. The zero-order valence-corrected chi connectivity index (χ0v) is 22.6. The molecule has 196 valence electrons. The summed E-state index contributed by atoms with van der Waals surface area (Å²) in [4.78, 5) is 36.8. The van der Waals surface area contributed by atoms with Gasteiger partial charge in [-0.05, 0) is 57.0 Å². The number of carbonyl (C=O) groups excluding carboxylic acids is 1. The van der Waals surface area contributed by atoms with E-state index in [1.807, 2.05) is 37.3 Å². The number of amides is 1. The summed E-state index contributed by atoms with van der Waals surface area (Å²) in [6.07, 6.45) is 3.35. The van der Waals surface area contributed by atoms with Gasteiger partial charge in [0.05, 0.1) is 28.3 Å². The predicted molar refractivity (Wildman–Crippen MR) is 152 cm³/mol. The predicted octanol–water partition coefficient (Wildman–Crippen LogP) is 3.79. The van der Waals surface area contributed by atoms with Gasteiger partial charge in [0, 0.05) is 18.0 Å². The molecular weight excluding hydrogens is 524 g/mol. The fourth-order valence-electron chi connectivity index (χ4n) is 4.53. The summed E-state index contributed by atoms with van der Waals surface area (Å²) in [5.74, 6) is 6.10. The third-order valence-electron chi connectivity index (χ3n) is 6.30. The standard InChI is InChI=1S/C29H22N8O2S/c1-17-24(27-30-15-8-16-36(27)35-17)28(38)31-18(2)26-32-22-12-7-9-20(13-14-23-34-33-19(3)40-23)25(22)29(39)37(26)21-10-5-4-6-11-21/h4-12,15-16,18H,1-3H3,(H,31,38)/t18-/m1/s1. The SMILES string of the molecule is Cc1nnc(C#Cc2cccc3nc([C@@H](C)NC(=O)c4c(C)nn5cccnc45)n(-c4ccccc4)c(=O)c23)s1. The molecule has 6 rings (SSSR count). The smallest absolute Gasteiger partial charge is 0.267 e. The molecule has 0 aliphatic heterocycles. The van der Waals surface area contributed by atoms with Crippen molar-refractivity contribution in [1.29, 1.82) is 0 Å². The van der Waals surface area contributed by atoms with Gasteiger partial charge in [0.25, 0.3) is 11.5 Å². The van der Waals surface area contributed by atoms with E-state index < -0.39 is 6.04 Å². The van der Waals surface area contributed by atoms with Gasteiger partial charge >= 0.3 is 0 Å². The number of nitrogens with one attached hydrogen (secondary N) is 1. The minimum absolute atomic E-state index is 0.292. The van der Waals surface area contributed by atoms with Crippen molar-refractivity contribution in [1.82, 2.24) is 39.7 Å². The van der Waals surface area contributed by atoms with Crippen LogP contribution in [0.15, 0.2) is 71.8 Å². The fraction of sp³-hybridized carbons (Fsp3) is 0.138. The van der Waals surface area contributed by atoms with Gasteiger partial charge in [0.1, 0.15) is 16.4 Å². The number of nitrogens with zero attached hydrogens (tertiary/aromatic N) is 7. The van der Waals surface area contributed by atoms with Crippen LogP contribution in [0, 0.1) is 25.7 Å². The summed E-state index contributed by atoms with van der Waals surface area (Å²) in [7, 11) is 0. The number of aromatic nitrogens is 7. The van der Waals surface area contributed by atoms with E-state index in [1.54, 1.807) is 55.0 Å². The molecular formula is C29H22N8O2S. The Balaban J connectivity index is 1.48. The Labute approximate surface area is 232 Å². The summed E-state index contributed by atoms with van der Waals surface area (Å²) in [5, 5.41) is 17.2. The Bertz CT molecular complexity index is 2030. The molecule has 0 spiro atoms. The van der Waals surface area contributed by atoms with Crippen LogP contribution in [0.4, 0.5) is 0 Å². The largest absolute Gasteiger partial charge is 0.342 e. The second kappa shape index (κ2) is 10.2. The summed E-state index contributed by atoms with van der Waals surface area (Å²) < 4.78 is 3.09. The Kier molecular flexibility index (Phi) is 6.37. The molecule has 4 aromatic heterocycles. The molecule has 2 aromatic carbocycles. The van der Waals surface area contributed by atoms with Crippen molar-refractivity contribution in [2.24, 2.45) is 0 Å². The van der Waals surface area contributed by atoms with E-state index in [2.05, 4.69) is 37.4 Å². The van der Waals surface area contributed by atoms with Crippen molar-refractivity contribution < 1.29 is 4.79 Å². The molecule has 0 aliphatic rings. The topological polar surface area (TPSA) is 120 Å². The Hall–Kier alpha value is -5.21. The van der Waals surface area contributed by atoms with Crippen LogP contribution in [-0.2, 0) is 0 Å². The summed E-state index contributed by atoms with van der Waals surface area (Å²) in [5.41, 5.74) is 2.70. The molecule has 40 heavy (non-hydrogen) atoms. The highest BCUT2D eigenvalue weighted by atomic mass is 32.1. The minimum atomic E-state index is -0.637. The number of carbonyl (C=O) groups is 1. The van der Waals surface area contributed by atoms with E-state index in [1.165, 1.54) is 15.9 Å². The Morgan fingerprint density at radius 3 is 2.62 bits per heavy atom. The summed E-state index contributed by atoms with van der Waals surface area (Å²) in [6, 6.07) is 15.7. The lowest BCUT2D eigenvalue weighted by atomic mass is 10.1. The maximum absolute atomic E-state index is 14.1. The molecule has 0 aliphatic carbocycles. The van der Waals surface area contributed by atoms with Crippen molar-refractivity contribution in [3.8, 4) is 17.5 Å². The highest BCUT2D eigenvalue weighted by molar-refractivity contribution is 7.11. The molecule has 1 N–H and O–H groups in total. The normalized spacial score (nSPS) is 11.8. The number of fused-ring (bicyclic) bond motifs is 2. The molecule has 0 fully saturated rings. The van der Waals surface area contributed by atoms with Crippen LogP contribution in [-0.4, -0.2) is 40.3 Å². The fourth-order valence-corrected chi connectivity index (χ4v) is 5.08. The second-order valence-corrected chi connectivity index (χ2v) is 10.2. The van der Waals surface area contributed by atoms with Crippen molar-refractivity contribution >= 4 is 33.8 Å². The third-order valence-corrected chi connectivity index (χ3v) is 7.05. The average molecular weight is 547 g/mol. The molecule has 4 heterocycles. The van der Waals surface area contributed by atoms with Gasteiger partial charge in [0.2, 0.25) is 0 Å². The van der Waals surface area contributed by atoms with E-state index >= 15 is 0 Å². The van der Waals surface area contributed by atoms with E-state index in [4.69, 9.17) is 4.98 Å². The van der Waals surface area contributed by atoms with Gasteiger partial charge in [0.15, 0.2) is 10.7 Å². The number of aryl methyl sites for hydroxylation is 2. The molecule has 10 nitrogen and oxygen atoms in total. The lowest BCUT2D eigenvalue weighted by molar-refractivity contribution is 0.0938. The van der Waals surface area contributed by atoms with Crippen LogP contribution >= 0.6 is 11.3 Å². The number of para-hydroxylation sites is 1. The monoisotopic (exact) mass is 546 g/mol. The van der Waals surface area contributed by atoms with Gasteiger partial charge in [-0.2, -0.15) is 5.10 Å². The lowest BCUT2D eigenvalue weighted by Gasteiger charge is -2.20. The highest BCUT2D eigenvalue weighted by Gasteiger charge is 2.24. The van der Waals surface area contributed by atoms with Crippen LogP contribution < -0.4 is 10.9 Å². The van der Waals surface area contributed by atoms with Crippen LogP contribution in [0.25, 0.3) is 22.2 Å². The number of rotatable bonds is 4. The number of benzene rings is 2. The Morgan fingerprint density at radius 1 is 1.02 bits per heavy atom. The molecule has 0 saturated carbocycles. The van der Waals surface area contributed by atoms with E-state index in [0.29, 0.717) is 49.9 Å². The first-order valence-electron chi connectivity index (χ1n) is 12.4. The molecule has 1 atom stereocenters. The van der Waals surface area contributed by atoms with Crippen LogP contribution in [0.3, 0.4) is 0 Å². The lowest BCUT2D eigenvalue weighted by Crippen LogP contribution is -2.33. The first kappa shape index (κ1) is 25.1. The molecule has 1 amide bonds. The zero-order chi connectivity index (χ0) is 27.8. The third kappa shape index (κ3) is 4.50. The zero-order valence-electron chi connectivity index (χ0n) is 21.8. The van der Waals surface area contributed by atoms with Crippen molar-refractivity contribution in [3.63, 3.8) is 0 Å². The minimum Gasteiger partial charge on any atom is -0.342 e. The summed E-state index contributed by atoms with van der Waals surface area (Å²) in [6.45, 7) is 5.41. The number of hydrogen-bond acceptors (Lipinski definition) is 8. The molecule has 0 radical (unpaired) electrons. The molecule has 6 aromatic rings. The first-order valence-corrected chi connectivity index (χ1v) is 13.3. The van der Waals surface area contributed by atoms with Gasteiger partial charge in [-0.1, -0.05) is 41.5 Å². The molecule has 11 heteroatoms. The van der Waals surface area contributed by atoms with Gasteiger partial charge in [-0.25, -0.2) is 14.5 Å². The Morgan fingerprint density at radius 2 is 1.85 bits per heavy atom. The maximum Gasteiger partial charge on any atom is 0.267 e. The second-order valence-electron chi connectivity index (χ2n) is 9.07. The van der Waals surface area contributed by atoms with Gasteiger partial charge < -0.3 is 5.32 Å². The van der Waals surface area contributed by atoms with Gasteiger partial charge in [-0.15, -0.1) is 10.2 Å². The molecule has 0 saturated heterocycles. The first-order chi connectivity index (χ1) is 19.4. The maximum atomic E-state index is 14.1. The molecule has 0 bridgehead atoms. The molecule has 0 unspecified atom stereocenters. The highest BCUT2D eigenvalue weighted by Crippen LogP contribution is 2.21. The van der Waals surface area contributed by atoms with Crippen molar-refractivity contribution in [3.05, 3.63) is 110 Å². The summed E-state index contributed by atoms with van der Waals surface area (Å²) >= 11 is 1.38. The van der Waals surface area contributed by atoms with Crippen LogP contribution in [0.5, 0.6) is 0 Å². The van der Waals surface area contributed by atoms with Crippen LogP contribution in [0.2, 0.25) is 0 Å². The van der Waals surface area contributed by atoms with Crippen LogP contribution in [0.1, 0.15) is 50.4 Å². The van der Waals surface area contributed by atoms with Crippen molar-refractivity contribution in [2.75, 3.05) is 0 Å². The van der Waals surface area contributed by atoms with E-state index in [0.717, 1.165) is 5.01 Å².